The van der Waals surface area contributed by atoms with Gasteiger partial charge >= 0.3 is 0 Å². The summed E-state index contributed by atoms with van der Waals surface area (Å²) in [6.07, 6.45) is 1.57. The molecular weight excluding hydrogens is 410 g/mol. The average molecular weight is 437 g/mol. The highest BCUT2D eigenvalue weighted by Crippen LogP contribution is 2.44. The molecule has 2 aromatic rings. The molecule has 2 unspecified atom stereocenters. The van der Waals surface area contributed by atoms with Crippen molar-refractivity contribution in [3.63, 3.8) is 0 Å². The van der Waals surface area contributed by atoms with Gasteiger partial charge in [-0.2, -0.15) is 0 Å². The van der Waals surface area contributed by atoms with Crippen LogP contribution in [0.5, 0.6) is 11.5 Å². The molecule has 7 heteroatoms. The lowest BCUT2D eigenvalue weighted by molar-refractivity contribution is -0.140. The molecule has 0 aromatic heterocycles. The van der Waals surface area contributed by atoms with Gasteiger partial charge in [0.05, 0.1) is 31.9 Å². The molecule has 0 bridgehead atoms. The van der Waals surface area contributed by atoms with Crippen molar-refractivity contribution in [1.29, 1.82) is 0 Å². The van der Waals surface area contributed by atoms with Gasteiger partial charge in [0.25, 0.3) is 11.7 Å². The van der Waals surface area contributed by atoms with Gasteiger partial charge in [-0.15, -0.1) is 0 Å². The number of carbonyl (C=O) groups is 2. The molecule has 2 heterocycles. The molecule has 32 heavy (non-hydrogen) atoms. The van der Waals surface area contributed by atoms with Gasteiger partial charge in [0.1, 0.15) is 17.3 Å². The molecule has 0 spiro atoms. The fraction of sp³-hybridized carbons (Fsp3) is 0.360. The van der Waals surface area contributed by atoms with E-state index in [-0.39, 0.29) is 24.0 Å². The van der Waals surface area contributed by atoms with Crippen LogP contribution in [0.4, 0.5) is 0 Å². The fourth-order valence-electron chi connectivity index (χ4n) is 4.31. The summed E-state index contributed by atoms with van der Waals surface area (Å²) in [6, 6.07) is 11.6. The van der Waals surface area contributed by atoms with Gasteiger partial charge in [0, 0.05) is 30.3 Å². The van der Waals surface area contributed by atoms with Crippen molar-refractivity contribution in [3.05, 3.63) is 64.7 Å². The molecular formula is C25H27NO6. The van der Waals surface area contributed by atoms with Crippen LogP contribution in [0.3, 0.4) is 0 Å². The van der Waals surface area contributed by atoms with Crippen LogP contribution in [0.15, 0.2) is 48.0 Å². The van der Waals surface area contributed by atoms with Crippen LogP contribution >= 0.6 is 0 Å². The second kappa shape index (κ2) is 9.04. The van der Waals surface area contributed by atoms with Gasteiger partial charge in [-0.05, 0) is 31.9 Å². The fourth-order valence-corrected chi connectivity index (χ4v) is 4.31. The number of ketones is 1. The van der Waals surface area contributed by atoms with Crippen LogP contribution in [0.25, 0.3) is 5.76 Å². The lowest BCUT2D eigenvalue weighted by Crippen LogP contribution is -2.36. The predicted molar refractivity (Wildman–Crippen MR) is 119 cm³/mol. The van der Waals surface area contributed by atoms with Crippen molar-refractivity contribution in [2.75, 3.05) is 27.4 Å². The maximum Gasteiger partial charge on any atom is 0.295 e. The van der Waals surface area contributed by atoms with Gasteiger partial charge < -0.3 is 24.2 Å². The van der Waals surface area contributed by atoms with E-state index in [1.165, 1.54) is 12.0 Å². The van der Waals surface area contributed by atoms with Crippen molar-refractivity contribution in [2.24, 2.45) is 0 Å². The van der Waals surface area contributed by atoms with E-state index in [2.05, 4.69) is 0 Å². The molecule has 7 nitrogen and oxygen atoms in total. The van der Waals surface area contributed by atoms with E-state index in [4.69, 9.17) is 14.2 Å². The third-order valence-electron chi connectivity index (χ3n) is 6.02. The molecule has 168 valence electrons. The van der Waals surface area contributed by atoms with Crippen molar-refractivity contribution in [3.8, 4) is 11.5 Å². The average Bonchev–Trinajstić information content (AvgIpc) is 3.41. The minimum atomic E-state index is -0.804. The molecule has 2 aliphatic heterocycles. The Hall–Kier alpha value is -3.32. The van der Waals surface area contributed by atoms with Gasteiger partial charge in [0.2, 0.25) is 0 Å². The van der Waals surface area contributed by atoms with E-state index < -0.39 is 17.7 Å². The van der Waals surface area contributed by atoms with Crippen LogP contribution in [0.2, 0.25) is 0 Å². The number of carbonyl (C=O) groups excluding carboxylic acids is 2. The summed E-state index contributed by atoms with van der Waals surface area (Å²) >= 11 is 0. The van der Waals surface area contributed by atoms with E-state index in [9.17, 15) is 14.7 Å². The Morgan fingerprint density at radius 1 is 1.12 bits per heavy atom. The molecule has 0 radical (unpaired) electrons. The first-order valence-corrected chi connectivity index (χ1v) is 10.6. The van der Waals surface area contributed by atoms with Gasteiger partial charge in [-0.1, -0.05) is 29.8 Å². The Labute approximate surface area is 187 Å². The highest BCUT2D eigenvalue weighted by molar-refractivity contribution is 6.46. The molecule has 2 fully saturated rings. The summed E-state index contributed by atoms with van der Waals surface area (Å²) in [5.74, 6) is -0.536. The molecule has 1 N–H and O–H groups in total. The summed E-state index contributed by atoms with van der Waals surface area (Å²) in [7, 11) is 3.07. The first-order valence-electron chi connectivity index (χ1n) is 10.6. The quantitative estimate of drug-likeness (QED) is 0.422. The number of aliphatic hydroxyl groups is 1. The molecule has 2 atom stereocenters. The number of aryl methyl sites for hydroxylation is 1. The van der Waals surface area contributed by atoms with E-state index in [0.29, 0.717) is 29.2 Å². The summed E-state index contributed by atoms with van der Waals surface area (Å²) in [5, 5.41) is 11.2. The molecule has 2 aliphatic rings. The SMILES string of the molecule is COc1ccc(C2/C(=C(/O)c3ccc(C)cc3)C(=O)C(=O)N2CC2CCCO2)c(OC)c1. The third kappa shape index (κ3) is 3.96. The monoisotopic (exact) mass is 437 g/mol. The lowest BCUT2D eigenvalue weighted by atomic mass is 9.94. The number of ether oxygens (including phenoxy) is 3. The lowest BCUT2D eigenvalue weighted by Gasteiger charge is -2.28. The smallest absolute Gasteiger partial charge is 0.295 e. The van der Waals surface area contributed by atoms with Crippen LogP contribution in [-0.2, 0) is 14.3 Å². The number of aliphatic hydroxyl groups excluding tert-OH is 1. The summed E-state index contributed by atoms with van der Waals surface area (Å²) in [5.41, 5.74) is 2.14. The number of Topliss-reactive ketones (excluding diaryl/α,β-unsaturated/α-hetero) is 1. The number of benzene rings is 2. The van der Waals surface area contributed by atoms with Crippen molar-refractivity contribution in [1.82, 2.24) is 4.90 Å². The van der Waals surface area contributed by atoms with E-state index in [1.54, 1.807) is 37.4 Å². The maximum atomic E-state index is 13.2. The Balaban J connectivity index is 1.87. The zero-order valence-corrected chi connectivity index (χ0v) is 18.5. The molecule has 0 saturated carbocycles. The standard InChI is InChI=1S/C25H27NO6/c1-15-6-8-16(9-7-15)23(27)21-22(19-11-10-17(30-2)13-20(19)31-3)26(25(29)24(21)28)14-18-5-4-12-32-18/h6-11,13,18,22,27H,4-5,12,14H2,1-3H3/b23-21-. The number of likely N-dealkylation sites (tertiary alicyclic amines) is 1. The van der Waals surface area contributed by atoms with Crippen LogP contribution in [0, 0.1) is 6.92 Å². The first-order chi connectivity index (χ1) is 15.4. The van der Waals surface area contributed by atoms with E-state index >= 15 is 0 Å². The van der Waals surface area contributed by atoms with Gasteiger partial charge in [-0.25, -0.2) is 0 Å². The first kappa shape index (κ1) is 21.9. The van der Waals surface area contributed by atoms with Crippen molar-refractivity contribution < 1.29 is 28.9 Å². The summed E-state index contributed by atoms with van der Waals surface area (Å²) in [6.45, 7) is 2.83. The van der Waals surface area contributed by atoms with E-state index in [1.807, 2.05) is 19.1 Å². The summed E-state index contributed by atoms with van der Waals surface area (Å²) < 4.78 is 16.6. The molecule has 2 aromatic carbocycles. The number of hydrogen-bond donors (Lipinski definition) is 1. The zero-order chi connectivity index (χ0) is 22.8. The molecule has 0 aliphatic carbocycles. The maximum absolute atomic E-state index is 13.2. The Bertz CT molecular complexity index is 1050. The minimum Gasteiger partial charge on any atom is -0.507 e. The topological polar surface area (TPSA) is 85.3 Å². The van der Waals surface area contributed by atoms with Crippen molar-refractivity contribution in [2.45, 2.75) is 31.9 Å². The third-order valence-corrected chi connectivity index (χ3v) is 6.02. The molecule has 2 saturated heterocycles. The Kier molecular flexibility index (Phi) is 6.19. The van der Waals surface area contributed by atoms with Crippen LogP contribution in [-0.4, -0.2) is 55.2 Å². The zero-order valence-electron chi connectivity index (χ0n) is 18.5. The van der Waals surface area contributed by atoms with Gasteiger partial charge in [-0.3, -0.25) is 9.59 Å². The Morgan fingerprint density at radius 2 is 1.88 bits per heavy atom. The summed E-state index contributed by atoms with van der Waals surface area (Å²) in [4.78, 5) is 27.8. The number of amides is 1. The molecule has 1 amide bonds. The van der Waals surface area contributed by atoms with E-state index in [0.717, 1.165) is 18.4 Å². The van der Waals surface area contributed by atoms with Crippen LogP contribution in [0.1, 0.15) is 35.6 Å². The largest absolute Gasteiger partial charge is 0.507 e. The predicted octanol–water partition coefficient (Wildman–Crippen LogP) is 3.61. The van der Waals surface area contributed by atoms with Gasteiger partial charge in [0.15, 0.2) is 0 Å². The second-order valence-electron chi connectivity index (χ2n) is 8.06. The number of nitrogens with zero attached hydrogens (tertiary/aromatic N) is 1. The highest BCUT2D eigenvalue weighted by Gasteiger charge is 2.48. The van der Waals surface area contributed by atoms with Crippen molar-refractivity contribution >= 4 is 17.4 Å². The second-order valence-corrected chi connectivity index (χ2v) is 8.06. The number of hydrogen-bond acceptors (Lipinski definition) is 6. The molecule has 4 rings (SSSR count). The highest BCUT2D eigenvalue weighted by atomic mass is 16.5. The minimum absolute atomic E-state index is 0.0420. The Morgan fingerprint density at radius 3 is 2.50 bits per heavy atom. The number of methoxy groups -OCH3 is 2. The number of rotatable bonds is 6. The normalized spacial score (nSPS) is 22.4. The van der Waals surface area contributed by atoms with Crippen LogP contribution < -0.4 is 9.47 Å².